The molecule has 1 saturated heterocycles. The summed E-state index contributed by atoms with van der Waals surface area (Å²) in [4.78, 5) is 24.1. The summed E-state index contributed by atoms with van der Waals surface area (Å²) in [7, 11) is 0. The summed E-state index contributed by atoms with van der Waals surface area (Å²) in [5.74, 6) is 2.09. The quantitative estimate of drug-likeness (QED) is 0.766. The summed E-state index contributed by atoms with van der Waals surface area (Å²) in [6.45, 7) is 10.4. The van der Waals surface area contributed by atoms with Crippen LogP contribution in [0.5, 0.6) is 11.5 Å². The Hall–Kier alpha value is -2.83. The van der Waals surface area contributed by atoms with E-state index in [1.165, 1.54) is 0 Å². The molecule has 29 heavy (non-hydrogen) atoms. The predicted molar refractivity (Wildman–Crippen MR) is 114 cm³/mol. The number of nitrogens with one attached hydrogen (secondary N) is 1. The van der Waals surface area contributed by atoms with Crippen molar-refractivity contribution in [1.82, 2.24) is 9.97 Å². The molecule has 0 aliphatic carbocycles. The maximum atomic E-state index is 12.9. The van der Waals surface area contributed by atoms with Crippen LogP contribution in [0.2, 0.25) is 0 Å². The molecule has 1 aliphatic heterocycles. The van der Waals surface area contributed by atoms with Gasteiger partial charge in [-0.1, -0.05) is 0 Å². The van der Waals surface area contributed by atoms with E-state index in [1.807, 2.05) is 52.0 Å². The summed E-state index contributed by atoms with van der Waals surface area (Å²) in [5.41, 5.74) is 2.58. The van der Waals surface area contributed by atoms with E-state index in [1.54, 1.807) is 0 Å². The van der Waals surface area contributed by atoms with Crippen molar-refractivity contribution in [3.05, 3.63) is 35.7 Å². The van der Waals surface area contributed by atoms with E-state index < -0.39 is 0 Å². The van der Waals surface area contributed by atoms with Crippen molar-refractivity contribution in [1.29, 1.82) is 0 Å². The van der Waals surface area contributed by atoms with Gasteiger partial charge in [-0.05, 0) is 58.7 Å². The van der Waals surface area contributed by atoms with Gasteiger partial charge in [-0.2, -0.15) is 0 Å². The van der Waals surface area contributed by atoms with E-state index in [0.717, 1.165) is 43.3 Å². The zero-order valence-electron chi connectivity index (χ0n) is 17.7. The normalized spacial score (nSPS) is 14.6. The Morgan fingerprint density at radius 1 is 1.07 bits per heavy atom. The molecule has 0 unspecified atom stereocenters. The fourth-order valence-corrected chi connectivity index (χ4v) is 3.57. The minimum atomic E-state index is -0.0533. The van der Waals surface area contributed by atoms with Crippen LogP contribution >= 0.6 is 0 Å². The van der Waals surface area contributed by atoms with Gasteiger partial charge in [-0.25, -0.2) is 9.97 Å². The first kappa shape index (κ1) is 20.9. The zero-order valence-corrected chi connectivity index (χ0v) is 17.7. The van der Waals surface area contributed by atoms with Gasteiger partial charge in [-0.3, -0.25) is 4.79 Å². The second-order valence-electron chi connectivity index (χ2n) is 7.23. The van der Waals surface area contributed by atoms with Gasteiger partial charge in [0, 0.05) is 36.5 Å². The van der Waals surface area contributed by atoms with E-state index >= 15 is 0 Å². The molecule has 1 N–H and O–H groups in total. The van der Waals surface area contributed by atoms with Crippen LogP contribution in [0.4, 0.5) is 11.6 Å². The van der Waals surface area contributed by atoms with Crippen LogP contribution in [0.15, 0.2) is 24.3 Å². The van der Waals surface area contributed by atoms with Gasteiger partial charge in [0.25, 0.3) is 0 Å². The van der Waals surface area contributed by atoms with E-state index in [0.29, 0.717) is 30.4 Å². The zero-order chi connectivity index (χ0) is 20.8. The number of benzene rings is 1. The highest BCUT2D eigenvalue weighted by Crippen LogP contribution is 2.31. The second kappa shape index (κ2) is 9.58. The molecule has 0 saturated carbocycles. The third-order valence-corrected chi connectivity index (χ3v) is 4.94. The Kier molecular flexibility index (Phi) is 6.90. The Morgan fingerprint density at radius 3 is 2.34 bits per heavy atom. The first-order valence-electron chi connectivity index (χ1n) is 10.3. The topological polar surface area (TPSA) is 76.6 Å². The summed E-state index contributed by atoms with van der Waals surface area (Å²) in [6.07, 6.45) is 1.52. The highest BCUT2D eigenvalue weighted by molar-refractivity contribution is 5.94. The number of amides is 1. The molecule has 2 aromatic rings. The van der Waals surface area contributed by atoms with Crippen molar-refractivity contribution < 1.29 is 14.3 Å². The molecule has 1 aromatic carbocycles. The maximum Gasteiger partial charge on any atom is 0.227 e. The number of anilines is 2. The van der Waals surface area contributed by atoms with E-state index in [-0.39, 0.29) is 11.8 Å². The Balaban J connectivity index is 1.64. The van der Waals surface area contributed by atoms with Gasteiger partial charge in [-0.15, -0.1) is 0 Å². The van der Waals surface area contributed by atoms with Crippen LogP contribution in [0, 0.1) is 19.8 Å². The Morgan fingerprint density at radius 2 is 1.72 bits per heavy atom. The Labute approximate surface area is 172 Å². The maximum absolute atomic E-state index is 12.9. The number of hydrogen-bond acceptors (Lipinski definition) is 6. The van der Waals surface area contributed by atoms with Gasteiger partial charge >= 0.3 is 0 Å². The molecule has 1 aliphatic rings. The average Bonchev–Trinajstić information content (AvgIpc) is 2.69. The number of aryl methyl sites for hydroxylation is 2. The lowest BCUT2D eigenvalue weighted by Crippen LogP contribution is -2.39. The Bertz CT molecular complexity index is 828. The van der Waals surface area contributed by atoms with Crippen molar-refractivity contribution in [3.8, 4) is 11.5 Å². The van der Waals surface area contributed by atoms with Crippen LogP contribution in [-0.4, -0.2) is 42.2 Å². The van der Waals surface area contributed by atoms with Gasteiger partial charge in [0.2, 0.25) is 11.9 Å². The number of carbonyl (C=O) groups excluding carboxylic acids is 1. The van der Waals surface area contributed by atoms with Crippen molar-refractivity contribution in [3.63, 3.8) is 0 Å². The van der Waals surface area contributed by atoms with E-state index in [4.69, 9.17) is 9.47 Å². The van der Waals surface area contributed by atoms with Crippen LogP contribution in [0.3, 0.4) is 0 Å². The standard InChI is InChI=1S/C22H30N4O3/c1-5-28-18-7-8-20(29-6-2)19(14-18)25-21(27)17-9-11-26(12-10-17)22-23-15(3)13-16(4)24-22/h7-8,13-14,17H,5-6,9-12H2,1-4H3,(H,25,27). The molecule has 0 spiro atoms. The van der Waals surface area contributed by atoms with Gasteiger partial charge in [0.05, 0.1) is 18.9 Å². The fourth-order valence-electron chi connectivity index (χ4n) is 3.57. The third kappa shape index (κ3) is 5.37. The summed E-state index contributed by atoms with van der Waals surface area (Å²) in [6, 6.07) is 7.48. The fraction of sp³-hybridized carbons (Fsp3) is 0.500. The molecular formula is C22H30N4O3. The lowest BCUT2D eigenvalue weighted by atomic mass is 9.96. The number of nitrogens with zero attached hydrogens (tertiary/aromatic N) is 3. The number of aromatic nitrogens is 2. The molecular weight excluding hydrogens is 368 g/mol. The van der Waals surface area contributed by atoms with E-state index in [9.17, 15) is 4.79 Å². The monoisotopic (exact) mass is 398 g/mol. The van der Waals surface area contributed by atoms with E-state index in [2.05, 4.69) is 20.2 Å². The highest BCUT2D eigenvalue weighted by Gasteiger charge is 2.27. The van der Waals surface area contributed by atoms with Crippen LogP contribution in [-0.2, 0) is 4.79 Å². The first-order chi connectivity index (χ1) is 14.0. The minimum absolute atomic E-state index is 0.0144. The number of rotatable bonds is 7. The van der Waals surface area contributed by atoms with Crippen LogP contribution in [0.25, 0.3) is 0 Å². The highest BCUT2D eigenvalue weighted by atomic mass is 16.5. The summed E-state index contributed by atoms with van der Waals surface area (Å²) in [5, 5.41) is 3.04. The van der Waals surface area contributed by atoms with Gasteiger partial charge in [0.15, 0.2) is 0 Å². The van der Waals surface area contributed by atoms with Gasteiger partial charge in [0.1, 0.15) is 11.5 Å². The SMILES string of the molecule is CCOc1ccc(OCC)c(NC(=O)C2CCN(c3nc(C)cc(C)n3)CC2)c1. The van der Waals surface area contributed by atoms with Crippen LogP contribution < -0.4 is 19.7 Å². The van der Waals surface area contributed by atoms with Crippen molar-refractivity contribution in [2.75, 3.05) is 36.5 Å². The molecule has 156 valence electrons. The number of hydrogen-bond donors (Lipinski definition) is 1. The smallest absolute Gasteiger partial charge is 0.227 e. The van der Waals surface area contributed by atoms with Crippen molar-refractivity contribution in [2.45, 2.75) is 40.5 Å². The lowest BCUT2D eigenvalue weighted by molar-refractivity contribution is -0.120. The molecule has 0 atom stereocenters. The lowest BCUT2D eigenvalue weighted by Gasteiger charge is -2.31. The number of carbonyl (C=O) groups is 1. The molecule has 1 amide bonds. The predicted octanol–water partition coefficient (Wildman–Crippen LogP) is 3.75. The summed E-state index contributed by atoms with van der Waals surface area (Å²) >= 11 is 0. The van der Waals surface area contributed by atoms with Crippen molar-refractivity contribution in [2.24, 2.45) is 5.92 Å². The second-order valence-corrected chi connectivity index (χ2v) is 7.23. The number of piperidine rings is 1. The molecule has 1 aromatic heterocycles. The molecule has 3 rings (SSSR count). The summed E-state index contributed by atoms with van der Waals surface area (Å²) < 4.78 is 11.2. The molecule has 0 bridgehead atoms. The number of ether oxygens (including phenoxy) is 2. The minimum Gasteiger partial charge on any atom is -0.494 e. The van der Waals surface area contributed by atoms with Gasteiger partial charge < -0.3 is 19.7 Å². The molecule has 2 heterocycles. The molecule has 1 fully saturated rings. The van der Waals surface area contributed by atoms with Crippen molar-refractivity contribution >= 4 is 17.5 Å². The molecule has 7 nitrogen and oxygen atoms in total. The molecule has 7 heteroatoms. The third-order valence-electron chi connectivity index (χ3n) is 4.94. The average molecular weight is 399 g/mol. The molecule has 0 radical (unpaired) electrons. The first-order valence-corrected chi connectivity index (χ1v) is 10.3. The van der Waals surface area contributed by atoms with Crippen LogP contribution in [0.1, 0.15) is 38.1 Å². The largest absolute Gasteiger partial charge is 0.494 e.